The number of carbonyl (C=O) groups excluding carboxylic acids is 1. The van der Waals surface area contributed by atoms with Crippen LogP contribution in [0.3, 0.4) is 0 Å². The number of piperidine rings is 1. The van der Waals surface area contributed by atoms with Crippen LogP contribution in [0.1, 0.15) is 32.3 Å². The number of rotatable bonds is 8. The Balaban J connectivity index is 1.61. The summed E-state index contributed by atoms with van der Waals surface area (Å²) in [5.41, 5.74) is 2.03. The van der Waals surface area contributed by atoms with Crippen LogP contribution < -0.4 is 14.8 Å². The van der Waals surface area contributed by atoms with E-state index < -0.39 is 0 Å². The van der Waals surface area contributed by atoms with Gasteiger partial charge in [0.25, 0.3) is 0 Å². The van der Waals surface area contributed by atoms with Crippen molar-refractivity contribution in [2.45, 2.75) is 33.2 Å². The summed E-state index contributed by atoms with van der Waals surface area (Å²) >= 11 is 0. The number of carbonyl (C=O) groups is 1. The van der Waals surface area contributed by atoms with Gasteiger partial charge in [0.2, 0.25) is 5.91 Å². The van der Waals surface area contributed by atoms with Crippen LogP contribution in [0.5, 0.6) is 11.5 Å². The number of anilines is 1. The van der Waals surface area contributed by atoms with Gasteiger partial charge >= 0.3 is 0 Å². The van der Waals surface area contributed by atoms with E-state index >= 15 is 0 Å². The van der Waals surface area contributed by atoms with Crippen LogP contribution in [0, 0.1) is 11.8 Å². The van der Waals surface area contributed by atoms with Gasteiger partial charge in [0.1, 0.15) is 0 Å². The first kappa shape index (κ1) is 21.2. The summed E-state index contributed by atoms with van der Waals surface area (Å²) in [7, 11) is 1.62. The van der Waals surface area contributed by atoms with Gasteiger partial charge in [0.05, 0.1) is 19.6 Å². The molecule has 0 aliphatic carbocycles. The molecular formula is C24H32N2O3. The monoisotopic (exact) mass is 396 g/mol. The first-order chi connectivity index (χ1) is 14.0. The average Bonchev–Trinajstić information content (AvgIpc) is 2.73. The van der Waals surface area contributed by atoms with E-state index in [-0.39, 0.29) is 11.8 Å². The molecule has 5 heteroatoms. The third kappa shape index (κ3) is 6.23. The Bertz CT molecular complexity index is 792. The smallest absolute Gasteiger partial charge is 0.228 e. The number of benzene rings is 2. The normalized spacial score (nSPS) is 17.2. The highest BCUT2D eigenvalue weighted by atomic mass is 16.5. The van der Waals surface area contributed by atoms with Crippen molar-refractivity contribution in [3.05, 3.63) is 54.1 Å². The van der Waals surface area contributed by atoms with Crippen LogP contribution in [-0.4, -0.2) is 37.6 Å². The molecule has 1 amide bonds. The van der Waals surface area contributed by atoms with Crippen molar-refractivity contribution >= 4 is 11.6 Å². The highest BCUT2D eigenvalue weighted by molar-refractivity contribution is 5.93. The molecule has 0 bridgehead atoms. The van der Waals surface area contributed by atoms with Gasteiger partial charge in [-0.1, -0.05) is 44.2 Å². The van der Waals surface area contributed by atoms with E-state index in [4.69, 9.17) is 9.47 Å². The summed E-state index contributed by atoms with van der Waals surface area (Å²) in [4.78, 5) is 15.3. The Labute approximate surface area is 174 Å². The van der Waals surface area contributed by atoms with Crippen molar-refractivity contribution in [1.82, 2.24) is 4.90 Å². The average molecular weight is 397 g/mol. The summed E-state index contributed by atoms with van der Waals surface area (Å²) in [5.74, 6) is 1.82. The predicted molar refractivity (Wildman–Crippen MR) is 116 cm³/mol. The molecule has 1 fully saturated rings. The fraction of sp³-hybridized carbons (Fsp3) is 0.458. The number of likely N-dealkylation sites (tertiary alicyclic amines) is 1. The van der Waals surface area contributed by atoms with Gasteiger partial charge in [-0.2, -0.15) is 0 Å². The highest BCUT2D eigenvalue weighted by Gasteiger charge is 2.26. The molecule has 1 saturated heterocycles. The van der Waals surface area contributed by atoms with Gasteiger partial charge in [-0.05, 0) is 43.0 Å². The molecule has 1 N–H and O–H groups in total. The molecule has 2 aromatic carbocycles. The molecule has 1 unspecified atom stereocenters. The molecule has 0 spiro atoms. The standard InChI is InChI=1S/C24H32N2O3/c1-18(2)17-29-23-14-21(11-12-22(23)28-3)25-24(27)20-10-7-13-26(16-20)15-19-8-5-4-6-9-19/h4-6,8-9,11-12,14,18,20H,7,10,13,15-17H2,1-3H3,(H,25,27). The molecule has 0 radical (unpaired) electrons. The Kier molecular flexibility index (Phi) is 7.53. The fourth-order valence-corrected chi connectivity index (χ4v) is 3.62. The lowest BCUT2D eigenvalue weighted by Gasteiger charge is -2.32. The van der Waals surface area contributed by atoms with E-state index in [9.17, 15) is 4.79 Å². The third-order valence-electron chi connectivity index (χ3n) is 5.13. The zero-order valence-electron chi connectivity index (χ0n) is 17.7. The first-order valence-electron chi connectivity index (χ1n) is 10.4. The lowest BCUT2D eigenvalue weighted by molar-refractivity contribution is -0.121. The van der Waals surface area contributed by atoms with Crippen molar-refractivity contribution in [2.24, 2.45) is 11.8 Å². The zero-order chi connectivity index (χ0) is 20.6. The van der Waals surface area contributed by atoms with Gasteiger partial charge < -0.3 is 14.8 Å². The van der Waals surface area contributed by atoms with Crippen LogP contribution >= 0.6 is 0 Å². The molecule has 1 atom stereocenters. The zero-order valence-corrected chi connectivity index (χ0v) is 17.7. The summed E-state index contributed by atoms with van der Waals surface area (Å²) in [6.45, 7) is 7.51. The maximum atomic E-state index is 12.9. The van der Waals surface area contributed by atoms with Crippen LogP contribution in [0.4, 0.5) is 5.69 Å². The summed E-state index contributed by atoms with van der Waals surface area (Å²) in [6, 6.07) is 16.0. The van der Waals surface area contributed by atoms with Crippen molar-refractivity contribution in [3.8, 4) is 11.5 Å². The summed E-state index contributed by atoms with van der Waals surface area (Å²) in [6.07, 6.45) is 1.96. The minimum absolute atomic E-state index is 0.00500. The number of ether oxygens (including phenoxy) is 2. The second kappa shape index (κ2) is 10.3. The van der Waals surface area contributed by atoms with Gasteiger partial charge in [-0.25, -0.2) is 0 Å². The van der Waals surface area contributed by atoms with Crippen LogP contribution in [0.25, 0.3) is 0 Å². The van der Waals surface area contributed by atoms with Gasteiger partial charge in [0.15, 0.2) is 11.5 Å². The van der Waals surface area contributed by atoms with E-state index in [0.717, 1.165) is 38.2 Å². The maximum Gasteiger partial charge on any atom is 0.228 e. The fourth-order valence-electron chi connectivity index (χ4n) is 3.62. The first-order valence-corrected chi connectivity index (χ1v) is 10.4. The van der Waals surface area contributed by atoms with E-state index in [1.165, 1.54) is 5.56 Å². The minimum atomic E-state index is -0.00500. The summed E-state index contributed by atoms with van der Waals surface area (Å²) in [5, 5.41) is 3.07. The largest absolute Gasteiger partial charge is 0.493 e. The molecule has 5 nitrogen and oxygen atoms in total. The lowest BCUT2D eigenvalue weighted by atomic mass is 9.96. The molecular weight excluding hydrogens is 364 g/mol. The van der Waals surface area contributed by atoms with E-state index in [1.807, 2.05) is 24.3 Å². The second-order valence-corrected chi connectivity index (χ2v) is 8.12. The van der Waals surface area contributed by atoms with Crippen LogP contribution in [-0.2, 0) is 11.3 Å². The third-order valence-corrected chi connectivity index (χ3v) is 5.13. The number of nitrogens with zero attached hydrogens (tertiary/aromatic N) is 1. The van der Waals surface area contributed by atoms with Crippen molar-refractivity contribution in [2.75, 3.05) is 32.1 Å². The lowest BCUT2D eigenvalue weighted by Crippen LogP contribution is -2.40. The Morgan fingerprint density at radius 2 is 1.97 bits per heavy atom. The number of hydrogen-bond acceptors (Lipinski definition) is 4. The molecule has 1 heterocycles. The van der Waals surface area contributed by atoms with Crippen molar-refractivity contribution in [3.63, 3.8) is 0 Å². The van der Waals surface area contributed by atoms with Crippen molar-refractivity contribution < 1.29 is 14.3 Å². The number of methoxy groups -OCH3 is 1. The molecule has 1 aliphatic heterocycles. The van der Waals surface area contributed by atoms with Gasteiger partial charge in [-0.3, -0.25) is 9.69 Å². The molecule has 29 heavy (non-hydrogen) atoms. The molecule has 1 aliphatic rings. The topological polar surface area (TPSA) is 50.8 Å². The molecule has 156 valence electrons. The molecule has 3 rings (SSSR count). The quantitative estimate of drug-likeness (QED) is 0.710. The van der Waals surface area contributed by atoms with E-state index in [2.05, 4.69) is 48.3 Å². The minimum Gasteiger partial charge on any atom is -0.493 e. The number of amides is 1. The molecule has 2 aromatic rings. The Morgan fingerprint density at radius 3 is 2.69 bits per heavy atom. The van der Waals surface area contributed by atoms with Gasteiger partial charge in [-0.15, -0.1) is 0 Å². The SMILES string of the molecule is COc1ccc(NC(=O)C2CCCN(Cc3ccccc3)C2)cc1OCC(C)C. The Morgan fingerprint density at radius 1 is 1.17 bits per heavy atom. The Hall–Kier alpha value is -2.53. The van der Waals surface area contributed by atoms with Crippen molar-refractivity contribution in [1.29, 1.82) is 0 Å². The maximum absolute atomic E-state index is 12.9. The van der Waals surface area contributed by atoms with Crippen LogP contribution in [0.15, 0.2) is 48.5 Å². The van der Waals surface area contributed by atoms with E-state index in [0.29, 0.717) is 24.0 Å². The molecule has 0 saturated carbocycles. The van der Waals surface area contributed by atoms with Gasteiger partial charge in [0, 0.05) is 24.8 Å². The predicted octanol–water partition coefficient (Wildman–Crippen LogP) is 4.58. The number of hydrogen-bond donors (Lipinski definition) is 1. The van der Waals surface area contributed by atoms with Crippen LogP contribution in [0.2, 0.25) is 0 Å². The number of nitrogens with one attached hydrogen (secondary N) is 1. The molecule has 0 aromatic heterocycles. The highest BCUT2D eigenvalue weighted by Crippen LogP contribution is 2.31. The summed E-state index contributed by atoms with van der Waals surface area (Å²) < 4.78 is 11.2. The van der Waals surface area contributed by atoms with E-state index in [1.54, 1.807) is 7.11 Å². The second-order valence-electron chi connectivity index (χ2n) is 8.12.